The standard InChI is InChI=1S/C44H30.C20H22N2/c1-2-28-24-33(26-34(25-28)42-27-32-10-3-4-13-35(32)37-15-7-8-17-39(37)42)36-14-5-6-16-38(36)40-22-20-31-19-18-29-11-9-12-30-21-23-41(40)44(31)43(29)30;1-5-6-19(17-11-7-15(2)8-12-17)22-20(21-4)18-13-9-16(3)10-14-18/h3-27H,2H2,1H3;6-14H,4-5H2,1-3H3/b;19-6+,22-20?. The number of amidine groups is 1. The van der Waals surface area contributed by atoms with E-state index in [0.717, 1.165) is 29.7 Å². The first-order valence-corrected chi connectivity index (χ1v) is 23.1. The lowest BCUT2D eigenvalue weighted by Crippen LogP contribution is -1.98. The first-order valence-electron chi connectivity index (χ1n) is 23.1. The molecular formula is C64H52N2. The summed E-state index contributed by atoms with van der Waals surface area (Å²) >= 11 is 0. The molecule has 0 unspecified atom stereocenters. The van der Waals surface area contributed by atoms with Gasteiger partial charge < -0.3 is 0 Å². The minimum atomic E-state index is 0.653. The molecule has 0 heterocycles. The first kappa shape index (κ1) is 42.0. The van der Waals surface area contributed by atoms with Gasteiger partial charge in [-0.15, -0.1) is 0 Å². The van der Waals surface area contributed by atoms with E-state index < -0.39 is 0 Å². The van der Waals surface area contributed by atoms with E-state index in [-0.39, 0.29) is 0 Å². The highest BCUT2D eigenvalue weighted by Gasteiger charge is 2.17. The maximum Gasteiger partial charge on any atom is 0.159 e. The molecule has 11 rings (SSSR count). The van der Waals surface area contributed by atoms with Crippen LogP contribution in [0.4, 0.5) is 0 Å². The van der Waals surface area contributed by atoms with E-state index in [1.807, 2.05) is 12.1 Å². The molecule has 0 saturated carbocycles. The highest BCUT2D eigenvalue weighted by molar-refractivity contribution is 6.26. The van der Waals surface area contributed by atoms with Crippen molar-refractivity contribution in [3.8, 4) is 33.4 Å². The topological polar surface area (TPSA) is 24.7 Å². The summed E-state index contributed by atoms with van der Waals surface area (Å²) in [6.07, 6.45) is 4.02. The summed E-state index contributed by atoms with van der Waals surface area (Å²) < 4.78 is 0. The predicted octanol–water partition coefficient (Wildman–Crippen LogP) is 17.7. The Morgan fingerprint density at radius 1 is 0.439 bits per heavy atom. The molecule has 0 fully saturated rings. The third-order valence-electron chi connectivity index (χ3n) is 13.0. The fourth-order valence-electron chi connectivity index (χ4n) is 9.59. The molecule has 11 aromatic carbocycles. The van der Waals surface area contributed by atoms with Gasteiger partial charge >= 0.3 is 0 Å². The van der Waals surface area contributed by atoms with E-state index in [1.54, 1.807) is 0 Å². The van der Waals surface area contributed by atoms with Gasteiger partial charge in [-0.3, -0.25) is 0 Å². The van der Waals surface area contributed by atoms with Gasteiger partial charge in [0.25, 0.3) is 0 Å². The quantitative estimate of drug-likeness (QED) is 0.0827. The molecule has 0 atom stereocenters. The van der Waals surface area contributed by atoms with Crippen LogP contribution >= 0.6 is 0 Å². The number of hydrogen-bond acceptors (Lipinski definition) is 1. The van der Waals surface area contributed by atoms with Crippen molar-refractivity contribution in [3.05, 3.63) is 234 Å². The maximum absolute atomic E-state index is 4.73. The van der Waals surface area contributed by atoms with Gasteiger partial charge in [-0.25, -0.2) is 9.98 Å². The fraction of sp³-hybridized carbons (Fsp3) is 0.0938. The largest absolute Gasteiger partial charge is 0.245 e. The number of fused-ring (bicyclic) bond motifs is 3. The van der Waals surface area contributed by atoms with Crippen molar-refractivity contribution in [3.63, 3.8) is 0 Å². The summed E-state index contributed by atoms with van der Waals surface area (Å²) in [6.45, 7) is 12.2. The van der Waals surface area contributed by atoms with Crippen LogP contribution in [0.25, 0.3) is 92.9 Å². The Hall–Kier alpha value is -7.94. The number of aliphatic imine (C=N–C) groups is 2. The number of allylic oxidation sites excluding steroid dienone is 1. The molecule has 0 aliphatic heterocycles. The fourth-order valence-corrected chi connectivity index (χ4v) is 9.59. The molecule has 0 saturated heterocycles. The SMILES string of the molecule is C=NC(=N/C(=C/CC)c1ccc(C)cc1)c1ccc(C)cc1.CCc1cc(-c2ccccc2-c2ccc3ccc4cccc5ccc2c3c45)cc(-c2cc3ccccc3c3ccccc23)c1. The molecule has 0 N–H and O–H groups in total. The van der Waals surface area contributed by atoms with Crippen molar-refractivity contribution in [1.29, 1.82) is 0 Å². The van der Waals surface area contributed by atoms with Crippen molar-refractivity contribution in [2.75, 3.05) is 0 Å². The number of hydrogen-bond donors (Lipinski definition) is 0. The van der Waals surface area contributed by atoms with Crippen LogP contribution in [0.1, 0.15) is 48.1 Å². The number of aryl methyl sites for hydroxylation is 3. The van der Waals surface area contributed by atoms with Crippen LogP contribution in [-0.4, -0.2) is 12.6 Å². The van der Waals surface area contributed by atoms with E-state index in [4.69, 9.17) is 4.99 Å². The zero-order valence-corrected chi connectivity index (χ0v) is 38.1. The van der Waals surface area contributed by atoms with Gasteiger partial charge in [-0.1, -0.05) is 219 Å². The Balaban J connectivity index is 0.000000197. The van der Waals surface area contributed by atoms with Crippen LogP contribution in [0.15, 0.2) is 216 Å². The van der Waals surface area contributed by atoms with Crippen molar-refractivity contribution >= 4 is 72.1 Å². The van der Waals surface area contributed by atoms with Gasteiger partial charge in [-0.05, 0) is 144 Å². The van der Waals surface area contributed by atoms with E-state index in [9.17, 15) is 0 Å². The van der Waals surface area contributed by atoms with Crippen LogP contribution in [0.2, 0.25) is 0 Å². The Kier molecular flexibility index (Phi) is 11.6. The Morgan fingerprint density at radius 3 is 1.68 bits per heavy atom. The van der Waals surface area contributed by atoms with Crippen LogP contribution in [0, 0.1) is 13.8 Å². The van der Waals surface area contributed by atoms with Gasteiger partial charge in [0, 0.05) is 5.56 Å². The lowest BCUT2D eigenvalue weighted by Gasteiger charge is -2.18. The van der Waals surface area contributed by atoms with E-state index in [0.29, 0.717) is 5.84 Å². The lowest BCUT2D eigenvalue weighted by molar-refractivity contribution is 1.14. The second-order valence-corrected chi connectivity index (χ2v) is 17.3. The average molecular weight is 849 g/mol. The molecule has 0 spiro atoms. The zero-order chi connectivity index (χ0) is 45.1. The van der Waals surface area contributed by atoms with Crippen molar-refractivity contribution in [2.24, 2.45) is 9.98 Å². The molecule has 2 nitrogen and oxygen atoms in total. The summed E-state index contributed by atoms with van der Waals surface area (Å²) in [6, 6.07) is 73.1. The van der Waals surface area contributed by atoms with Crippen molar-refractivity contribution < 1.29 is 0 Å². The number of rotatable bonds is 8. The highest BCUT2D eigenvalue weighted by atomic mass is 14.9. The predicted molar refractivity (Wildman–Crippen MR) is 288 cm³/mol. The third-order valence-corrected chi connectivity index (χ3v) is 13.0. The Morgan fingerprint density at radius 2 is 1.00 bits per heavy atom. The second kappa shape index (κ2) is 18.3. The van der Waals surface area contributed by atoms with Gasteiger partial charge in [0.15, 0.2) is 5.84 Å². The molecule has 0 aliphatic carbocycles. The normalized spacial score (nSPS) is 12.0. The van der Waals surface area contributed by atoms with Crippen LogP contribution < -0.4 is 0 Å². The van der Waals surface area contributed by atoms with Crippen molar-refractivity contribution in [2.45, 2.75) is 40.5 Å². The molecule has 0 aliphatic rings. The summed E-state index contributed by atoms with van der Waals surface area (Å²) in [7, 11) is 0. The molecule has 2 heteroatoms. The molecule has 66 heavy (non-hydrogen) atoms. The summed E-state index contributed by atoms with van der Waals surface area (Å²) in [4.78, 5) is 8.84. The molecule has 0 amide bonds. The molecule has 11 aromatic rings. The second-order valence-electron chi connectivity index (χ2n) is 17.3. The average Bonchev–Trinajstić information content (AvgIpc) is 3.37. The number of benzene rings is 11. The molecule has 318 valence electrons. The first-order chi connectivity index (χ1) is 32.4. The minimum absolute atomic E-state index is 0.653. The number of nitrogens with zero attached hydrogens (tertiary/aromatic N) is 2. The summed E-state index contributed by atoms with van der Waals surface area (Å²) in [5.74, 6) is 0.653. The third kappa shape index (κ3) is 8.08. The minimum Gasteiger partial charge on any atom is -0.245 e. The van der Waals surface area contributed by atoms with E-state index >= 15 is 0 Å². The van der Waals surface area contributed by atoms with Gasteiger partial charge in [0.1, 0.15) is 0 Å². The Labute approximate surface area is 388 Å². The van der Waals surface area contributed by atoms with Crippen LogP contribution in [-0.2, 0) is 6.42 Å². The smallest absolute Gasteiger partial charge is 0.159 e. The lowest BCUT2D eigenvalue weighted by atomic mass is 9.86. The molecule has 0 bridgehead atoms. The molecular weight excluding hydrogens is 797 g/mol. The van der Waals surface area contributed by atoms with Crippen molar-refractivity contribution in [1.82, 2.24) is 0 Å². The summed E-state index contributed by atoms with van der Waals surface area (Å²) in [5.41, 5.74) is 14.5. The van der Waals surface area contributed by atoms with E-state index in [2.05, 4.69) is 234 Å². The highest BCUT2D eigenvalue weighted by Crippen LogP contribution is 2.43. The molecule has 0 radical (unpaired) electrons. The maximum atomic E-state index is 4.73. The Bertz CT molecular complexity index is 3610. The van der Waals surface area contributed by atoms with Crippen LogP contribution in [0.5, 0.6) is 0 Å². The monoisotopic (exact) mass is 848 g/mol. The zero-order valence-electron chi connectivity index (χ0n) is 38.1. The van der Waals surface area contributed by atoms with Gasteiger partial charge in [0.2, 0.25) is 0 Å². The van der Waals surface area contributed by atoms with Gasteiger partial charge in [-0.2, -0.15) is 0 Å². The summed E-state index contributed by atoms with van der Waals surface area (Å²) in [5, 5.41) is 13.1. The van der Waals surface area contributed by atoms with Gasteiger partial charge in [0.05, 0.1) is 5.70 Å². The molecule has 0 aromatic heterocycles. The van der Waals surface area contributed by atoms with E-state index in [1.165, 1.54) is 104 Å². The van der Waals surface area contributed by atoms with Crippen LogP contribution in [0.3, 0.4) is 0 Å².